The van der Waals surface area contributed by atoms with Crippen molar-refractivity contribution in [3.8, 4) is 0 Å². The Bertz CT molecular complexity index is 604. The molecule has 0 spiro atoms. The first-order valence-corrected chi connectivity index (χ1v) is 7.88. The second-order valence-corrected chi connectivity index (χ2v) is 6.45. The third kappa shape index (κ3) is 7.09. The summed E-state index contributed by atoms with van der Waals surface area (Å²) in [5.74, 6) is -2.59. The van der Waals surface area contributed by atoms with E-state index in [0.717, 1.165) is 12.1 Å². The van der Waals surface area contributed by atoms with Crippen molar-refractivity contribution in [2.75, 3.05) is 17.6 Å². The lowest BCUT2D eigenvalue weighted by Gasteiger charge is -2.17. The van der Waals surface area contributed by atoms with Gasteiger partial charge in [-0.05, 0) is 36.4 Å². The van der Waals surface area contributed by atoms with Crippen molar-refractivity contribution >= 4 is 34.2 Å². The molecule has 0 aliphatic carbocycles. The van der Waals surface area contributed by atoms with Gasteiger partial charge in [-0.3, -0.25) is 0 Å². The highest BCUT2D eigenvalue weighted by Gasteiger charge is 2.36. The van der Waals surface area contributed by atoms with Gasteiger partial charge in [-0.15, -0.1) is 0 Å². The molecule has 0 aliphatic rings. The second kappa shape index (κ2) is 7.74. The number of nitrogens with one attached hydrogen (secondary N) is 2. The summed E-state index contributed by atoms with van der Waals surface area (Å²) in [4.78, 5) is -0.296. The second-order valence-electron chi connectivity index (χ2n) is 4.63. The summed E-state index contributed by atoms with van der Waals surface area (Å²) in [6, 6.07) is 1.65. The largest absolute Gasteiger partial charge is 0.611 e. The van der Waals surface area contributed by atoms with Crippen LogP contribution in [0.4, 0.5) is 36.4 Å². The monoisotopic (exact) mass is 396 g/mol. The molecule has 3 nitrogen and oxygen atoms in total. The molecule has 0 saturated carbocycles. The van der Waals surface area contributed by atoms with Crippen molar-refractivity contribution in [3.63, 3.8) is 0 Å². The van der Waals surface area contributed by atoms with Gasteiger partial charge < -0.3 is 15.2 Å². The number of alkyl halides is 6. The van der Waals surface area contributed by atoms with Crippen molar-refractivity contribution in [2.45, 2.75) is 24.2 Å². The Morgan fingerprint density at radius 1 is 1.17 bits per heavy atom. The van der Waals surface area contributed by atoms with Crippen LogP contribution in [0.5, 0.6) is 0 Å². The summed E-state index contributed by atoms with van der Waals surface area (Å²) in [6.07, 6.45) is -9.25. The van der Waals surface area contributed by atoms with E-state index < -0.39 is 52.4 Å². The number of hydrogen-bond donors (Lipinski definition) is 2. The number of thiocarbonyl (C=S) groups is 1. The zero-order chi connectivity index (χ0) is 18.7. The summed E-state index contributed by atoms with van der Waals surface area (Å²) in [6.45, 7) is -0.212. The lowest BCUT2D eigenvalue weighted by Crippen LogP contribution is -2.36. The Labute approximate surface area is 140 Å². The maximum absolute atomic E-state index is 13.8. The fourth-order valence-corrected chi connectivity index (χ4v) is 2.87. The number of benzene rings is 1. The minimum Gasteiger partial charge on any atom is -0.611 e. The van der Waals surface area contributed by atoms with E-state index in [-0.39, 0.29) is 10.5 Å². The van der Waals surface area contributed by atoms with Gasteiger partial charge in [0.15, 0.2) is 10.0 Å². The van der Waals surface area contributed by atoms with Crippen LogP contribution in [0.3, 0.4) is 0 Å². The van der Waals surface area contributed by atoms with Gasteiger partial charge in [-0.1, -0.05) is 0 Å². The average Bonchev–Trinajstić information content (AvgIpc) is 2.36. The number of hydrogen-bond acceptors (Lipinski definition) is 2. The van der Waals surface area contributed by atoms with Crippen molar-refractivity contribution in [2.24, 2.45) is 0 Å². The summed E-state index contributed by atoms with van der Waals surface area (Å²) in [5, 5.41) is 3.29. The molecular formula is C12H11F7N2OS2. The Kier molecular flexibility index (Phi) is 6.70. The number of rotatable bonds is 4. The van der Waals surface area contributed by atoms with Gasteiger partial charge in [0.1, 0.15) is 12.4 Å². The van der Waals surface area contributed by atoms with E-state index in [1.54, 1.807) is 5.32 Å². The third-order valence-electron chi connectivity index (χ3n) is 2.50. The van der Waals surface area contributed by atoms with Crippen LogP contribution in [-0.4, -0.2) is 34.3 Å². The predicted molar refractivity (Wildman–Crippen MR) is 78.7 cm³/mol. The third-order valence-corrected chi connectivity index (χ3v) is 4.27. The highest BCUT2D eigenvalue weighted by Crippen LogP contribution is 2.28. The van der Waals surface area contributed by atoms with Crippen LogP contribution in [0.2, 0.25) is 0 Å². The summed E-state index contributed by atoms with van der Waals surface area (Å²) in [7, 11) is 0. The first-order chi connectivity index (χ1) is 10.8. The van der Waals surface area contributed by atoms with Gasteiger partial charge in [-0.2, -0.15) is 26.3 Å². The number of aryl methyl sites for hydroxylation is 1. The molecule has 0 radical (unpaired) electrons. The molecule has 1 atom stereocenters. The molecule has 0 aliphatic heterocycles. The molecule has 0 aromatic heterocycles. The molecule has 0 saturated heterocycles. The first kappa shape index (κ1) is 20.8. The normalized spacial score (nSPS) is 13.5. The lowest BCUT2D eigenvalue weighted by atomic mass is 10.2. The minimum atomic E-state index is -4.69. The molecule has 0 fully saturated rings. The summed E-state index contributed by atoms with van der Waals surface area (Å²) >= 11 is 2.06. The fourth-order valence-electron chi connectivity index (χ4n) is 1.57. The predicted octanol–water partition coefficient (Wildman–Crippen LogP) is 3.65. The molecule has 1 aromatic rings. The molecule has 1 aromatic carbocycles. The minimum absolute atomic E-state index is 0.00908. The van der Waals surface area contributed by atoms with E-state index in [1.165, 1.54) is 6.92 Å². The van der Waals surface area contributed by atoms with E-state index in [1.807, 2.05) is 0 Å². The Balaban J connectivity index is 2.92. The molecule has 0 bridgehead atoms. The zero-order valence-electron chi connectivity index (χ0n) is 11.9. The van der Waals surface area contributed by atoms with E-state index >= 15 is 0 Å². The maximum Gasteiger partial charge on any atom is 0.433 e. The van der Waals surface area contributed by atoms with Crippen LogP contribution in [0.25, 0.3) is 0 Å². The fraction of sp³-hybridized carbons (Fsp3) is 0.417. The van der Waals surface area contributed by atoms with Crippen LogP contribution in [0.15, 0.2) is 17.0 Å². The molecular weight excluding hydrogens is 385 g/mol. The van der Waals surface area contributed by atoms with E-state index in [9.17, 15) is 35.3 Å². The first-order valence-electron chi connectivity index (χ1n) is 6.15. The Morgan fingerprint density at radius 3 is 2.25 bits per heavy atom. The standard InChI is InChI=1S/C12H11F7N2OS2/c1-6-2-7(13)8(21-10(23)20-4-11(14,15)16)3-9(6)24(22)5-12(17,18)19/h2-3H,4-5H2,1H3,(H2,20,21,23). The summed E-state index contributed by atoms with van der Waals surface area (Å²) in [5.41, 5.74) is -0.472. The van der Waals surface area contributed by atoms with Gasteiger partial charge in [0.2, 0.25) is 5.75 Å². The highest BCUT2D eigenvalue weighted by molar-refractivity contribution is 7.91. The number of halogens is 7. The van der Waals surface area contributed by atoms with Crippen molar-refractivity contribution in [1.29, 1.82) is 0 Å². The van der Waals surface area contributed by atoms with E-state index in [4.69, 9.17) is 0 Å². The number of anilines is 1. The van der Waals surface area contributed by atoms with Crippen molar-refractivity contribution < 1.29 is 35.3 Å². The van der Waals surface area contributed by atoms with Gasteiger partial charge in [0.05, 0.1) is 5.69 Å². The van der Waals surface area contributed by atoms with Crippen LogP contribution in [-0.2, 0) is 11.2 Å². The van der Waals surface area contributed by atoms with Gasteiger partial charge in [0.25, 0.3) is 0 Å². The molecule has 12 heteroatoms. The molecule has 24 heavy (non-hydrogen) atoms. The van der Waals surface area contributed by atoms with Crippen molar-refractivity contribution in [1.82, 2.24) is 5.32 Å². The van der Waals surface area contributed by atoms with Gasteiger partial charge >= 0.3 is 12.4 Å². The molecule has 2 N–H and O–H groups in total. The van der Waals surface area contributed by atoms with Crippen LogP contribution in [0, 0.1) is 12.7 Å². The topological polar surface area (TPSA) is 47.1 Å². The van der Waals surface area contributed by atoms with Crippen molar-refractivity contribution in [3.05, 3.63) is 23.5 Å². The average molecular weight is 396 g/mol. The van der Waals surface area contributed by atoms with Crippen LogP contribution >= 0.6 is 12.2 Å². The molecule has 136 valence electrons. The summed E-state index contributed by atoms with van der Waals surface area (Å²) < 4.78 is 98.6. The highest BCUT2D eigenvalue weighted by atomic mass is 32.2. The molecule has 0 amide bonds. The van der Waals surface area contributed by atoms with Gasteiger partial charge in [-0.25, -0.2) is 4.39 Å². The molecule has 1 unspecified atom stereocenters. The lowest BCUT2D eigenvalue weighted by molar-refractivity contribution is -0.121. The van der Waals surface area contributed by atoms with Crippen LogP contribution < -0.4 is 10.6 Å². The zero-order valence-corrected chi connectivity index (χ0v) is 13.6. The van der Waals surface area contributed by atoms with E-state index in [2.05, 4.69) is 17.5 Å². The quantitative estimate of drug-likeness (QED) is 0.463. The Morgan fingerprint density at radius 2 is 1.75 bits per heavy atom. The van der Waals surface area contributed by atoms with Crippen LogP contribution in [0.1, 0.15) is 5.56 Å². The Hall–Kier alpha value is -1.27. The smallest absolute Gasteiger partial charge is 0.433 e. The van der Waals surface area contributed by atoms with E-state index in [0.29, 0.717) is 0 Å². The molecule has 1 rings (SSSR count). The SMILES string of the molecule is Cc1cc(F)c(NC(=S)NCC(F)(F)F)cc1[S+]([O-])CC(F)(F)F. The molecule has 0 heterocycles. The maximum atomic E-state index is 13.8. The van der Waals surface area contributed by atoms with Gasteiger partial charge in [0, 0.05) is 11.6 Å².